The minimum Gasteiger partial charge on any atom is -0.422 e. The SMILES string of the molecule is CC(NC(C)(C)C)C(O)c1ccc(OC(=O)C(C)(C)C)c(OC(=O)C(C)(C)C)c1. The molecule has 0 aliphatic heterocycles. The molecule has 0 amide bonds. The lowest BCUT2D eigenvalue weighted by molar-refractivity contribution is -0.145. The Hall–Kier alpha value is -1.92. The van der Waals surface area contributed by atoms with Crippen LogP contribution in [-0.2, 0) is 9.59 Å². The van der Waals surface area contributed by atoms with Crippen LogP contribution in [0.4, 0.5) is 0 Å². The number of hydrogen-bond donors (Lipinski definition) is 2. The van der Waals surface area contributed by atoms with Crippen molar-refractivity contribution in [3.05, 3.63) is 23.8 Å². The van der Waals surface area contributed by atoms with Crippen LogP contribution in [0.5, 0.6) is 11.5 Å². The molecule has 0 fully saturated rings. The van der Waals surface area contributed by atoms with Gasteiger partial charge in [-0.3, -0.25) is 9.59 Å². The van der Waals surface area contributed by atoms with Gasteiger partial charge >= 0.3 is 11.9 Å². The molecule has 6 nitrogen and oxygen atoms in total. The molecule has 1 aromatic rings. The predicted molar refractivity (Wildman–Crippen MR) is 114 cm³/mol. The van der Waals surface area contributed by atoms with E-state index in [4.69, 9.17) is 9.47 Å². The molecule has 0 spiro atoms. The van der Waals surface area contributed by atoms with Crippen molar-refractivity contribution < 1.29 is 24.2 Å². The molecular weight excluding hydrogens is 370 g/mol. The summed E-state index contributed by atoms with van der Waals surface area (Å²) >= 11 is 0. The van der Waals surface area contributed by atoms with Gasteiger partial charge in [-0.15, -0.1) is 0 Å². The van der Waals surface area contributed by atoms with Gasteiger partial charge in [0, 0.05) is 11.6 Å². The first-order valence-corrected chi connectivity index (χ1v) is 9.96. The summed E-state index contributed by atoms with van der Waals surface area (Å²) < 4.78 is 11.0. The Kier molecular flexibility index (Phi) is 7.66. The first-order chi connectivity index (χ1) is 12.9. The van der Waals surface area contributed by atoms with Gasteiger partial charge in [-0.25, -0.2) is 0 Å². The van der Waals surface area contributed by atoms with E-state index in [0.717, 1.165) is 0 Å². The highest BCUT2D eigenvalue weighted by Crippen LogP contribution is 2.34. The molecule has 0 heterocycles. The highest BCUT2D eigenvalue weighted by molar-refractivity contribution is 5.81. The fourth-order valence-corrected chi connectivity index (χ4v) is 2.43. The zero-order valence-electron chi connectivity index (χ0n) is 19.5. The Morgan fingerprint density at radius 1 is 0.862 bits per heavy atom. The fourth-order valence-electron chi connectivity index (χ4n) is 2.43. The second-order valence-electron chi connectivity index (χ2n) is 10.6. The minimum atomic E-state index is -0.839. The average Bonchev–Trinajstić information content (AvgIpc) is 2.52. The summed E-state index contributed by atoms with van der Waals surface area (Å²) in [6, 6.07) is 4.53. The Balaban J connectivity index is 3.27. The third kappa shape index (κ3) is 7.78. The van der Waals surface area contributed by atoms with Crippen LogP contribution in [0.1, 0.15) is 80.9 Å². The first kappa shape index (κ1) is 25.1. The van der Waals surface area contributed by atoms with Gasteiger partial charge in [-0.2, -0.15) is 0 Å². The molecule has 0 aliphatic rings. The number of esters is 2. The first-order valence-electron chi connectivity index (χ1n) is 9.96. The van der Waals surface area contributed by atoms with Gasteiger partial charge in [-0.05, 0) is 86.9 Å². The van der Waals surface area contributed by atoms with Crippen molar-refractivity contribution in [1.29, 1.82) is 0 Å². The number of nitrogens with one attached hydrogen (secondary N) is 1. The molecule has 164 valence electrons. The number of aliphatic hydroxyl groups excluding tert-OH is 1. The number of carbonyl (C=O) groups excluding carboxylic acids is 2. The normalized spacial score (nSPS) is 14.9. The Bertz CT molecular complexity index is 735. The van der Waals surface area contributed by atoms with E-state index >= 15 is 0 Å². The molecule has 0 saturated heterocycles. The van der Waals surface area contributed by atoms with Crippen LogP contribution >= 0.6 is 0 Å². The molecule has 0 aliphatic carbocycles. The highest BCUT2D eigenvalue weighted by Gasteiger charge is 2.29. The Morgan fingerprint density at radius 2 is 1.31 bits per heavy atom. The number of rotatable bonds is 5. The zero-order chi connectivity index (χ0) is 22.8. The summed E-state index contributed by atoms with van der Waals surface area (Å²) in [6.45, 7) is 18.4. The fraction of sp³-hybridized carbons (Fsp3) is 0.652. The van der Waals surface area contributed by atoms with Crippen molar-refractivity contribution in [2.45, 2.75) is 86.9 Å². The van der Waals surface area contributed by atoms with Crippen LogP contribution in [0.2, 0.25) is 0 Å². The zero-order valence-corrected chi connectivity index (χ0v) is 19.5. The predicted octanol–water partition coefficient (Wildman–Crippen LogP) is 4.40. The topological polar surface area (TPSA) is 84.9 Å². The van der Waals surface area contributed by atoms with Crippen LogP contribution < -0.4 is 14.8 Å². The van der Waals surface area contributed by atoms with E-state index in [-0.39, 0.29) is 23.1 Å². The lowest BCUT2D eigenvalue weighted by Crippen LogP contribution is -2.44. The average molecular weight is 408 g/mol. The van der Waals surface area contributed by atoms with Crippen molar-refractivity contribution >= 4 is 11.9 Å². The van der Waals surface area contributed by atoms with E-state index in [1.165, 1.54) is 0 Å². The lowest BCUT2D eigenvalue weighted by Gasteiger charge is -2.29. The smallest absolute Gasteiger partial charge is 0.316 e. The number of hydrogen-bond acceptors (Lipinski definition) is 6. The maximum atomic E-state index is 12.4. The molecular formula is C23H37NO5. The molecule has 0 bridgehead atoms. The molecule has 2 unspecified atom stereocenters. The van der Waals surface area contributed by atoms with Crippen LogP contribution in [0, 0.1) is 10.8 Å². The van der Waals surface area contributed by atoms with Crippen LogP contribution in [0.15, 0.2) is 18.2 Å². The van der Waals surface area contributed by atoms with Crippen LogP contribution in [0.3, 0.4) is 0 Å². The minimum absolute atomic E-state index is 0.113. The van der Waals surface area contributed by atoms with Crippen LogP contribution in [-0.4, -0.2) is 28.6 Å². The van der Waals surface area contributed by atoms with E-state index in [1.54, 1.807) is 59.7 Å². The molecule has 6 heteroatoms. The van der Waals surface area contributed by atoms with Crippen molar-refractivity contribution in [1.82, 2.24) is 5.32 Å². The number of ether oxygens (including phenoxy) is 2. The summed E-state index contributed by atoms with van der Waals surface area (Å²) in [5.74, 6) is -0.642. The highest BCUT2D eigenvalue weighted by atomic mass is 16.6. The summed E-state index contributed by atoms with van der Waals surface area (Å²) in [5.41, 5.74) is -1.07. The summed E-state index contributed by atoms with van der Waals surface area (Å²) in [5, 5.41) is 14.1. The van der Waals surface area contributed by atoms with Gasteiger partial charge in [0.2, 0.25) is 0 Å². The van der Waals surface area contributed by atoms with Gasteiger partial charge in [-0.1, -0.05) is 6.07 Å². The summed E-state index contributed by atoms with van der Waals surface area (Å²) in [7, 11) is 0. The molecule has 2 N–H and O–H groups in total. The molecule has 1 aromatic carbocycles. The van der Waals surface area contributed by atoms with E-state index in [1.807, 2.05) is 27.7 Å². The van der Waals surface area contributed by atoms with E-state index < -0.39 is 28.9 Å². The quantitative estimate of drug-likeness (QED) is 0.556. The van der Waals surface area contributed by atoms with Crippen molar-refractivity contribution in [2.75, 3.05) is 0 Å². The largest absolute Gasteiger partial charge is 0.422 e. The summed E-state index contributed by atoms with van der Waals surface area (Å²) in [4.78, 5) is 24.8. The molecule has 29 heavy (non-hydrogen) atoms. The maximum Gasteiger partial charge on any atom is 0.316 e. The van der Waals surface area contributed by atoms with Crippen molar-refractivity contribution in [2.24, 2.45) is 10.8 Å². The molecule has 1 rings (SSSR count). The maximum absolute atomic E-state index is 12.4. The van der Waals surface area contributed by atoms with Crippen molar-refractivity contribution in [3.8, 4) is 11.5 Å². The number of aliphatic hydroxyl groups is 1. The second-order valence-corrected chi connectivity index (χ2v) is 10.6. The molecule has 2 atom stereocenters. The van der Waals surface area contributed by atoms with E-state index in [2.05, 4.69) is 5.32 Å². The number of carbonyl (C=O) groups is 2. The van der Waals surface area contributed by atoms with Gasteiger partial charge in [0.25, 0.3) is 0 Å². The van der Waals surface area contributed by atoms with E-state index in [9.17, 15) is 14.7 Å². The number of benzene rings is 1. The van der Waals surface area contributed by atoms with Crippen LogP contribution in [0.25, 0.3) is 0 Å². The summed E-state index contributed by atoms with van der Waals surface area (Å²) in [6.07, 6.45) is -0.839. The molecule has 0 radical (unpaired) electrons. The third-order valence-electron chi connectivity index (χ3n) is 4.07. The van der Waals surface area contributed by atoms with Gasteiger partial charge in [0.05, 0.1) is 16.9 Å². The van der Waals surface area contributed by atoms with Crippen molar-refractivity contribution in [3.63, 3.8) is 0 Å². The third-order valence-corrected chi connectivity index (χ3v) is 4.07. The molecule has 0 aromatic heterocycles. The second kappa shape index (κ2) is 8.84. The lowest BCUT2D eigenvalue weighted by atomic mass is 9.97. The Morgan fingerprint density at radius 3 is 1.72 bits per heavy atom. The van der Waals surface area contributed by atoms with E-state index in [0.29, 0.717) is 5.56 Å². The molecule has 0 saturated carbocycles. The Labute approximate surface area is 175 Å². The monoisotopic (exact) mass is 407 g/mol. The van der Waals surface area contributed by atoms with Gasteiger partial charge in [0.15, 0.2) is 11.5 Å². The standard InChI is InChI=1S/C23H37NO5/c1-14(24-23(8,9)10)18(25)15-11-12-16(28-19(26)21(2,3)4)17(13-15)29-20(27)22(5,6)7/h11-14,18,24-25H,1-10H3. The van der Waals surface area contributed by atoms with Gasteiger partial charge in [0.1, 0.15) is 0 Å². The van der Waals surface area contributed by atoms with Gasteiger partial charge < -0.3 is 19.9 Å².